The molecule has 0 aliphatic carbocycles. The fraction of sp³-hybridized carbons (Fsp3) is 0.583. The molecule has 0 bridgehead atoms. The van der Waals surface area contributed by atoms with E-state index in [4.69, 9.17) is 21.1 Å². The molecule has 0 aromatic rings. The summed E-state index contributed by atoms with van der Waals surface area (Å²) in [6.07, 6.45) is -1.40. The number of aliphatic carboxylic acids is 3. The van der Waals surface area contributed by atoms with Crippen LogP contribution in [-0.2, 0) is 24.0 Å². The average Bonchev–Trinajstić information content (AvgIpc) is 2.48. The van der Waals surface area contributed by atoms with E-state index in [2.05, 4.69) is 17.9 Å². The molecule has 0 rings (SSSR count). The van der Waals surface area contributed by atoms with Crippen LogP contribution in [0.1, 0.15) is 19.3 Å². The molecule has 0 heterocycles. The van der Waals surface area contributed by atoms with Crippen molar-refractivity contribution in [2.75, 3.05) is 5.75 Å². The molecule has 0 aromatic heterocycles. The third-order valence-electron chi connectivity index (χ3n) is 2.81. The number of amides is 2. The second-order valence-electron chi connectivity index (χ2n) is 4.78. The maximum absolute atomic E-state index is 12.0. The van der Waals surface area contributed by atoms with Crippen molar-refractivity contribution in [3.05, 3.63) is 0 Å². The largest absolute Gasteiger partial charge is 0.481 e. The Morgan fingerprint density at radius 3 is 1.88 bits per heavy atom. The summed E-state index contributed by atoms with van der Waals surface area (Å²) < 4.78 is 0. The van der Waals surface area contributed by atoms with Crippen LogP contribution in [0, 0.1) is 0 Å². The summed E-state index contributed by atoms with van der Waals surface area (Å²) in [5.74, 6) is -6.15. The minimum atomic E-state index is -1.56. The molecule has 3 atom stereocenters. The molecule has 7 N–H and O–H groups in total. The highest BCUT2D eigenvalue weighted by atomic mass is 32.1. The molecule has 0 aromatic carbocycles. The van der Waals surface area contributed by atoms with E-state index in [1.807, 2.05) is 5.32 Å². The van der Waals surface area contributed by atoms with Gasteiger partial charge in [0.15, 0.2) is 0 Å². The van der Waals surface area contributed by atoms with E-state index in [0.717, 1.165) is 0 Å². The van der Waals surface area contributed by atoms with Gasteiger partial charge in [0, 0.05) is 12.2 Å². The standard InChI is InChI=1S/C12H19N3O8S/c13-5(1-2-8(16)17)10(20)14-6(3-9(18)19)11(21)15-7(4-24)12(22)23/h5-7,24H,1-4,13H2,(H,14,20)(H,15,21)(H,16,17)(H,18,19)(H,22,23)/t5-,6-,7-/m0/s1. The van der Waals surface area contributed by atoms with Crippen LogP contribution in [0.2, 0.25) is 0 Å². The lowest BCUT2D eigenvalue weighted by atomic mass is 10.1. The van der Waals surface area contributed by atoms with Crippen LogP contribution in [-0.4, -0.2) is 68.9 Å². The van der Waals surface area contributed by atoms with Gasteiger partial charge in [-0.1, -0.05) is 0 Å². The lowest BCUT2D eigenvalue weighted by molar-refractivity contribution is -0.143. The molecule has 0 unspecified atom stereocenters. The summed E-state index contributed by atoms with van der Waals surface area (Å²) >= 11 is 3.74. The molecule has 24 heavy (non-hydrogen) atoms. The number of carbonyl (C=O) groups excluding carboxylic acids is 2. The van der Waals surface area contributed by atoms with Gasteiger partial charge in [-0.25, -0.2) is 4.79 Å². The Hall–Kier alpha value is -2.34. The molecular formula is C12H19N3O8S. The Morgan fingerprint density at radius 1 is 0.917 bits per heavy atom. The van der Waals surface area contributed by atoms with Gasteiger partial charge < -0.3 is 31.7 Å². The number of rotatable bonds is 11. The number of thiol groups is 1. The first-order valence-corrected chi connectivity index (χ1v) is 7.35. The Kier molecular flexibility index (Phi) is 9.42. The van der Waals surface area contributed by atoms with Gasteiger partial charge in [-0.15, -0.1) is 0 Å². The number of nitrogens with one attached hydrogen (secondary N) is 2. The quantitative estimate of drug-likeness (QED) is 0.196. The molecule has 136 valence electrons. The predicted octanol–water partition coefficient (Wildman–Crippen LogP) is -2.36. The first-order chi connectivity index (χ1) is 11.1. The smallest absolute Gasteiger partial charge is 0.327 e. The maximum atomic E-state index is 12.0. The number of carboxylic acid groups (broad SMARTS) is 3. The third-order valence-corrected chi connectivity index (χ3v) is 3.18. The molecule has 0 fully saturated rings. The summed E-state index contributed by atoms with van der Waals surface area (Å²) in [6.45, 7) is 0. The van der Waals surface area contributed by atoms with Crippen LogP contribution in [0.5, 0.6) is 0 Å². The minimum Gasteiger partial charge on any atom is -0.481 e. The topological polar surface area (TPSA) is 196 Å². The van der Waals surface area contributed by atoms with E-state index in [1.54, 1.807) is 0 Å². The molecule has 11 nitrogen and oxygen atoms in total. The van der Waals surface area contributed by atoms with Gasteiger partial charge in [-0.05, 0) is 6.42 Å². The lowest BCUT2D eigenvalue weighted by Gasteiger charge is -2.21. The first-order valence-electron chi connectivity index (χ1n) is 6.72. The van der Waals surface area contributed by atoms with Crippen molar-refractivity contribution in [3.63, 3.8) is 0 Å². The van der Waals surface area contributed by atoms with E-state index in [9.17, 15) is 24.0 Å². The molecule has 0 spiro atoms. The number of carbonyl (C=O) groups is 5. The molecule has 0 saturated carbocycles. The molecular weight excluding hydrogens is 346 g/mol. The summed E-state index contributed by atoms with van der Waals surface area (Å²) in [6, 6.07) is -4.19. The first kappa shape index (κ1) is 21.7. The Labute approximate surface area is 142 Å². The average molecular weight is 365 g/mol. The van der Waals surface area contributed by atoms with Crippen molar-refractivity contribution in [1.29, 1.82) is 0 Å². The van der Waals surface area contributed by atoms with Gasteiger partial charge in [-0.2, -0.15) is 12.6 Å². The highest BCUT2D eigenvalue weighted by molar-refractivity contribution is 7.80. The van der Waals surface area contributed by atoms with Gasteiger partial charge in [0.25, 0.3) is 0 Å². The number of hydrogen-bond acceptors (Lipinski definition) is 7. The van der Waals surface area contributed by atoms with Gasteiger partial charge in [-0.3, -0.25) is 19.2 Å². The van der Waals surface area contributed by atoms with Crippen LogP contribution >= 0.6 is 12.6 Å². The Morgan fingerprint density at radius 2 is 1.46 bits per heavy atom. The van der Waals surface area contributed by atoms with E-state index in [-0.39, 0.29) is 18.6 Å². The molecule has 0 saturated heterocycles. The second kappa shape index (κ2) is 10.4. The minimum absolute atomic E-state index is 0.211. The molecule has 2 amide bonds. The second-order valence-corrected chi connectivity index (χ2v) is 5.15. The summed E-state index contributed by atoms with van der Waals surface area (Å²) in [5, 5.41) is 30.3. The fourth-order valence-electron chi connectivity index (χ4n) is 1.53. The van der Waals surface area contributed by atoms with Crippen molar-refractivity contribution < 1.29 is 39.3 Å². The fourth-order valence-corrected chi connectivity index (χ4v) is 1.78. The van der Waals surface area contributed by atoms with Crippen LogP contribution < -0.4 is 16.4 Å². The number of nitrogens with two attached hydrogens (primary N) is 1. The lowest BCUT2D eigenvalue weighted by Crippen LogP contribution is -2.55. The van der Waals surface area contributed by atoms with Crippen molar-refractivity contribution >= 4 is 42.4 Å². The van der Waals surface area contributed by atoms with Crippen molar-refractivity contribution in [2.45, 2.75) is 37.4 Å². The molecule has 0 aliphatic heterocycles. The molecule has 0 radical (unpaired) electrons. The van der Waals surface area contributed by atoms with Crippen LogP contribution in [0.4, 0.5) is 0 Å². The zero-order valence-electron chi connectivity index (χ0n) is 12.5. The molecule has 0 aliphatic rings. The van der Waals surface area contributed by atoms with Crippen molar-refractivity contribution in [2.24, 2.45) is 5.73 Å². The Balaban J connectivity index is 4.90. The predicted molar refractivity (Wildman–Crippen MR) is 82.4 cm³/mol. The van der Waals surface area contributed by atoms with Crippen molar-refractivity contribution in [3.8, 4) is 0 Å². The van der Waals surface area contributed by atoms with Crippen molar-refractivity contribution in [1.82, 2.24) is 10.6 Å². The van der Waals surface area contributed by atoms with Gasteiger partial charge in [0.1, 0.15) is 12.1 Å². The number of hydrogen-bond donors (Lipinski definition) is 7. The third kappa shape index (κ3) is 8.33. The summed E-state index contributed by atoms with van der Waals surface area (Å²) in [4.78, 5) is 55.8. The van der Waals surface area contributed by atoms with E-state index in [1.165, 1.54) is 0 Å². The zero-order chi connectivity index (χ0) is 18.9. The SMILES string of the molecule is N[C@@H](CCC(=O)O)C(=O)N[C@@H](CC(=O)O)C(=O)N[C@@H](CS)C(=O)O. The maximum Gasteiger partial charge on any atom is 0.327 e. The monoisotopic (exact) mass is 365 g/mol. The van der Waals surface area contributed by atoms with Crippen LogP contribution in [0.15, 0.2) is 0 Å². The van der Waals surface area contributed by atoms with Gasteiger partial charge in [0.2, 0.25) is 11.8 Å². The van der Waals surface area contributed by atoms with E-state index < -0.39 is 54.3 Å². The normalized spacial score (nSPS) is 14.1. The van der Waals surface area contributed by atoms with Crippen LogP contribution in [0.25, 0.3) is 0 Å². The Bertz CT molecular complexity index is 513. The zero-order valence-corrected chi connectivity index (χ0v) is 13.4. The van der Waals surface area contributed by atoms with Gasteiger partial charge >= 0.3 is 17.9 Å². The summed E-state index contributed by atoms with van der Waals surface area (Å²) in [5.41, 5.74) is 5.46. The number of carboxylic acids is 3. The summed E-state index contributed by atoms with van der Waals surface area (Å²) in [7, 11) is 0. The van der Waals surface area contributed by atoms with E-state index in [0.29, 0.717) is 0 Å². The molecule has 12 heteroatoms. The van der Waals surface area contributed by atoms with Crippen LogP contribution in [0.3, 0.4) is 0 Å². The highest BCUT2D eigenvalue weighted by Crippen LogP contribution is 2.00. The highest BCUT2D eigenvalue weighted by Gasteiger charge is 2.29. The van der Waals surface area contributed by atoms with Gasteiger partial charge in [0.05, 0.1) is 12.5 Å². The van der Waals surface area contributed by atoms with E-state index >= 15 is 0 Å².